The van der Waals surface area contributed by atoms with Crippen LogP contribution < -0.4 is 0 Å². The van der Waals surface area contributed by atoms with Crippen LogP contribution in [0.1, 0.15) is 11.1 Å². The number of halogens is 1. The summed E-state index contributed by atoms with van der Waals surface area (Å²) >= 11 is 3.33. The van der Waals surface area contributed by atoms with Crippen molar-refractivity contribution in [1.29, 1.82) is 0 Å². The van der Waals surface area contributed by atoms with Crippen molar-refractivity contribution in [3.63, 3.8) is 0 Å². The molecular weight excluding hydrogens is 308 g/mol. The molecule has 0 fully saturated rings. The third-order valence-corrected chi connectivity index (χ3v) is 3.12. The zero-order chi connectivity index (χ0) is 13.7. The lowest BCUT2D eigenvalue weighted by molar-refractivity contribution is 0.314. The predicted molar refractivity (Wildman–Crippen MR) is 77.2 cm³/mol. The molecule has 0 atom stereocenters. The molecule has 2 aromatic rings. The molecule has 0 heterocycles. The number of rotatable bonds is 3. The first-order chi connectivity index (χ1) is 9.26. The van der Waals surface area contributed by atoms with Gasteiger partial charge in [0.15, 0.2) is 0 Å². The van der Waals surface area contributed by atoms with Crippen LogP contribution in [0, 0.1) is 0 Å². The van der Waals surface area contributed by atoms with Crippen LogP contribution >= 0.6 is 15.9 Å². The zero-order valence-electron chi connectivity index (χ0n) is 9.86. The molecule has 2 N–H and O–H groups in total. The van der Waals surface area contributed by atoms with Crippen LogP contribution in [0.5, 0.6) is 0 Å². The second kappa shape index (κ2) is 6.15. The SMILES string of the molecule is O/N=C(/C(=N/O)c1ccc(Br)cc1)c1ccccc1. The Morgan fingerprint density at radius 2 is 1.21 bits per heavy atom. The zero-order valence-corrected chi connectivity index (χ0v) is 11.4. The van der Waals surface area contributed by atoms with Crippen molar-refractivity contribution >= 4 is 27.4 Å². The molecule has 2 aromatic carbocycles. The molecule has 0 saturated carbocycles. The Bertz CT molecular complexity index is 607. The van der Waals surface area contributed by atoms with Crippen LogP contribution in [0.15, 0.2) is 69.4 Å². The van der Waals surface area contributed by atoms with Crippen molar-refractivity contribution in [2.45, 2.75) is 0 Å². The van der Waals surface area contributed by atoms with Gasteiger partial charge in [0.05, 0.1) is 0 Å². The van der Waals surface area contributed by atoms with Gasteiger partial charge in [0.2, 0.25) is 0 Å². The highest BCUT2D eigenvalue weighted by atomic mass is 79.9. The number of nitrogens with zero attached hydrogens (tertiary/aromatic N) is 2. The van der Waals surface area contributed by atoms with Crippen molar-refractivity contribution in [3.8, 4) is 0 Å². The third-order valence-electron chi connectivity index (χ3n) is 2.59. The van der Waals surface area contributed by atoms with Crippen molar-refractivity contribution in [3.05, 3.63) is 70.2 Å². The summed E-state index contributed by atoms with van der Waals surface area (Å²) in [5.41, 5.74) is 1.75. The Morgan fingerprint density at radius 1 is 0.737 bits per heavy atom. The summed E-state index contributed by atoms with van der Waals surface area (Å²) in [6, 6.07) is 16.2. The maximum atomic E-state index is 9.20. The summed E-state index contributed by atoms with van der Waals surface area (Å²) in [6.45, 7) is 0. The molecule has 0 spiro atoms. The highest BCUT2D eigenvalue weighted by Gasteiger charge is 2.15. The minimum absolute atomic E-state index is 0.209. The van der Waals surface area contributed by atoms with E-state index in [9.17, 15) is 10.4 Å². The minimum atomic E-state index is 0.209. The van der Waals surface area contributed by atoms with Gasteiger partial charge in [-0.05, 0) is 12.1 Å². The smallest absolute Gasteiger partial charge is 0.139 e. The van der Waals surface area contributed by atoms with Crippen molar-refractivity contribution in [1.82, 2.24) is 0 Å². The van der Waals surface area contributed by atoms with Gasteiger partial charge in [-0.1, -0.05) is 68.7 Å². The fraction of sp³-hybridized carbons (Fsp3) is 0. The monoisotopic (exact) mass is 318 g/mol. The molecule has 0 bridgehead atoms. The van der Waals surface area contributed by atoms with E-state index in [0.717, 1.165) is 4.47 Å². The lowest BCUT2D eigenvalue weighted by Crippen LogP contribution is -2.17. The van der Waals surface area contributed by atoms with Gasteiger partial charge >= 0.3 is 0 Å². The van der Waals surface area contributed by atoms with Crippen LogP contribution in [-0.2, 0) is 0 Å². The summed E-state index contributed by atoms with van der Waals surface area (Å²) in [7, 11) is 0. The number of hydrogen-bond acceptors (Lipinski definition) is 4. The first-order valence-corrected chi connectivity index (χ1v) is 6.31. The fourth-order valence-electron chi connectivity index (χ4n) is 1.69. The number of oxime groups is 2. The van der Waals surface area contributed by atoms with Crippen LogP contribution in [0.2, 0.25) is 0 Å². The molecule has 0 saturated heterocycles. The fourth-order valence-corrected chi connectivity index (χ4v) is 1.95. The van der Waals surface area contributed by atoms with Crippen molar-refractivity contribution in [2.75, 3.05) is 0 Å². The molecule has 0 radical (unpaired) electrons. The van der Waals surface area contributed by atoms with Gasteiger partial charge in [-0.3, -0.25) is 0 Å². The van der Waals surface area contributed by atoms with Gasteiger partial charge in [0, 0.05) is 15.6 Å². The van der Waals surface area contributed by atoms with E-state index in [1.54, 1.807) is 24.3 Å². The van der Waals surface area contributed by atoms with Crippen molar-refractivity contribution < 1.29 is 10.4 Å². The molecule has 4 nitrogen and oxygen atoms in total. The largest absolute Gasteiger partial charge is 0.410 e. The second-order valence-electron chi connectivity index (χ2n) is 3.77. The Labute approximate surface area is 118 Å². The minimum Gasteiger partial charge on any atom is -0.410 e. The summed E-state index contributed by atoms with van der Waals surface area (Å²) in [4.78, 5) is 0. The lowest BCUT2D eigenvalue weighted by Gasteiger charge is -2.07. The predicted octanol–water partition coefficient (Wildman–Crippen LogP) is 3.51. The summed E-state index contributed by atoms with van der Waals surface area (Å²) in [6.07, 6.45) is 0. The lowest BCUT2D eigenvalue weighted by atomic mass is 10.00. The quantitative estimate of drug-likeness (QED) is 0.516. The first kappa shape index (κ1) is 13.3. The molecule has 0 amide bonds. The molecule has 5 heteroatoms. The molecule has 19 heavy (non-hydrogen) atoms. The van der Waals surface area contributed by atoms with E-state index in [0.29, 0.717) is 11.1 Å². The van der Waals surface area contributed by atoms with E-state index >= 15 is 0 Å². The van der Waals surface area contributed by atoms with E-state index in [-0.39, 0.29) is 11.4 Å². The van der Waals surface area contributed by atoms with Gasteiger partial charge in [-0.15, -0.1) is 0 Å². The van der Waals surface area contributed by atoms with Crippen LogP contribution in [0.3, 0.4) is 0 Å². The molecule has 2 rings (SSSR count). The second-order valence-corrected chi connectivity index (χ2v) is 4.69. The Kier molecular flexibility index (Phi) is 4.30. The molecule has 0 aliphatic heterocycles. The summed E-state index contributed by atoms with van der Waals surface area (Å²) < 4.78 is 0.913. The molecule has 0 aromatic heterocycles. The van der Waals surface area contributed by atoms with Crippen LogP contribution in [0.25, 0.3) is 0 Å². The molecule has 96 valence electrons. The topological polar surface area (TPSA) is 65.2 Å². The molecule has 0 unspecified atom stereocenters. The van der Waals surface area contributed by atoms with E-state index in [4.69, 9.17) is 0 Å². The molecule has 0 aliphatic carbocycles. The Balaban J connectivity index is 2.45. The molecular formula is C14H11BrN2O2. The van der Waals surface area contributed by atoms with E-state index in [1.165, 1.54) is 0 Å². The van der Waals surface area contributed by atoms with Gasteiger partial charge in [-0.2, -0.15) is 0 Å². The number of benzene rings is 2. The highest BCUT2D eigenvalue weighted by Crippen LogP contribution is 2.14. The first-order valence-electron chi connectivity index (χ1n) is 5.52. The van der Waals surface area contributed by atoms with Crippen LogP contribution in [0.4, 0.5) is 0 Å². The van der Waals surface area contributed by atoms with E-state index < -0.39 is 0 Å². The summed E-state index contributed by atoms with van der Waals surface area (Å²) in [5, 5.41) is 24.9. The van der Waals surface area contributed by atoms with E-state index in [2.05, 4.69) is 26.2 Å². The van der Waals surface area contributed by atoms with E-state index in [1.807, 2.05) is 30.3 Å². The third kappa shape index (κ3) is 3.00. The summed E-state index contributed by atoms with van der Waals surface area (Å²) in [5.74, 6) is 0. The maximum absolute atomic E-state index is 9.20. The van der Waals surface area contributed by atoms with Gasteiger partial charge in [0.1, 0.15) is 11.4 Å². The van der Waals surface area contributed by atoms with Crippen LogP contribution in [-0.4, -0.2) is 21.8 Å². The van der Waals surface area contributed by atoms with Gasteiger partial charge < -0.3 is 10.4 Å². The average molecular weight is 319 g/mol. The number of hydrogen-bond donors (Lipinski definition) is 2. The molecule has 0 aliphatic rings. The van der Waals surface area contributed by atoms with Crippen molar-refractivity contribution in [2.24, 2.45) is 10.3 Å². The normalized spacial score (nSPS) is 12.5. The van der Waals surface area contributed by atoms with Gasteiger partial charge in [0.25, 0.3) is 0 Å². The van der Waals surface area contributed by atoms with Gasteiger partial charge in [-0.25, -0.2) is 0 Å². The standard InChI is InChI=1S/C14H11BrN2O2/c15-12-8-6-11(7-9-12)14(17-19)13(16-18)10-4-2-1-3-5-10/h1-9,18-19H/b16-13+,17-14+. The Hall–Kier alpha value is -2.14. The average Bonchev–Trinajstić information content (AvgIpc) is 2.47. The maximum Gasteiger partial charge on any atom is 0.139 e. The highest BCUT2D eigenvalue weighted by molar-refractivity contribution is 9.10. The Morgan fingerprint density at radius 3 is 1.68 bits per heavy atom.